The van der Waals surface area contributed by atoms with Crippen molar-refractivity contribution in [1.82, 2.24) is 9.55 Å². The van der Waals surface area contributed by atoms with Gasteiger partial charge in [-0.3, -0.25) is 0 Å². The van der Waals surface area contributed by atoms with Gasteiger partial charge in [-0.25, -0.2) is 4.98 Å². The van der Waals surface area contributed by atoms with Gasteiger partial charge in [0.25, 0.3) is 0 Å². The van der Waals surface area contributed by atoms with Crippen LogP contribution in [0.2, 0.25) is 0 Å². The molecule has 0 saturated carbocycles. The summed E-state index contributed by atoms with van der Waals surface area (Å²) in [5.41, 5.74) is 13.6. The summed E-state index contributed by atoms with van der Waals surface area (Å²) in [5, 5.41) is 2.30. The fourth-order valence-corrected chi connectivity index (χ4v) is 8.54. The summed E-state index contributed by atoms with van der Waals surface area (Å²) in [6.45, 7) is 16.7. The van der Waals surface area contributed by atoms with Crippen molar-refractivity contribution >= 4 is 55.9 Å². The van der Waals surface area contributed by atoms with Gasteiger partial charge in [0.05, 0.1) is 18.0 Å². The van der Waals surface area contributed by atoms with Crippen LogP contribution in [0.25, 0.3) is 38.8 Å². The molecule has 0 saturated heterocycles. The molecular weight excluding hydrogens is 890 g/mol. The van der Waals surface area contributed by atoms with Crippen LogP contribution in [0, 0.1) is 12.1 Å². The molecule has 0 radical (unpaired) electrons. The van der Waals surface area contributed by atoms with E-state index in [4.69, 9.17) is 4.98 Å². The molecule has 0 bridgehead atoms. The van der Waals surface area contributed by atoms with E-state index < -0.39 is 0 Å². The Morgan fingerprint density at radius 3 is 2.02 bits per heavy atom. The van der Waals surface area contributed by atoms with Crippen molar-refractivity contribution in [3.8, 4) is 16.9 Å². The molecule has 0 N–H and O–H groups in total. The third kappa shape index (κ3) is 6.90. The zero-order valence-electron chi connectivity index (χ0n) is 34.3. The second-order valence-corrected chi connectivity index (χ2v) is 16.7. The van der Waals surface area contributed by atoms with Crippen LogP contribution < -0.4 is 14.7 Å². The van der Waals surface area contributed by atoms with E-state index in [-0.39, 0.29) is 26.6 Å². The van der Waals surface area contributed by atoms with E-state index in [1.54, 1.807) is 0 Å². The molecule has 1 aliphatic rings. The average molecular weight is 939 g/mol. The molecular formula is C52H49N5Pt. The quantitative estimate of drug-likeness (QED) is 0.142. The van der Waals surface area contributed by atoms with E-state index in [9.17, 15) is 0 Å². The molecule has 6 heteroatoms. The van der Waals surface area contributed by atoms with Crippen molar-refractivity contribution in [1.29, 1.82) is 0 Å². The Hall–Kier alpha value is -5.64. The van der Waals surface area contributed by atoms with Crippen LogP contribution in [-0.4, -0.2) is 21.8 Å². The first-order valence-corrected chi connectivity index (χ1v) is 20.2. The van der Waals surface area contributed by atoms with Crippen molar-refractivity contribution in [2.45, 2.75) is 65.8 Å². The van der Waals surface area contributed by atoms with Gasteiger partial charge in [-0.05, 0) is 103 Å². The number of rotatable bonds is 8. The standard InChI is InChI=1S/C52H49N5.Pt/c1-35(2)42-22-16-23-43(36(3)4)51(42)37-29-30-53-50(31-37)57-46-24-12-11-21-44(46)45-28-27-41(33-49(45)57)56(38-17-9-8-10-18-38)40-20-15-19-39(32-40)54-34-55(52(5,6)7)48-26-14-13-25-47(48)54;/h8-31,35-36H,34H2,1-7H3;/q-2;+2. The molecule has 3 heterocycles. The van der Waals surface area contributed by atoms with E-state index in [2.05, 4.69) is 219 Å². The molecule has 6 aromatic carbocycles. The van der Waals surface area contributed by atoms with Crippen molar-refractivity contribution < 1.29 is 21.1 Å². The van der Waals surface area contributed by atoms with Crippen molar-refractivity contribution in [2.75, 3.05) is 21.4 Å². The van der Waals surface area contributed by atoms with Gasteiger partial charge in [-0.1, -0.05) is 117 Å². The van der Waals surface area contributed by atoms with Crippen molar-refractivity contribution in [3.05, 3.63) is 169 Å². The molecule has 0 spiro atoms. The van der Waals surface area contributed by atoms with E-state index in [1.807, 2.05) is 6.20 Å². The van der Waals surface area contributed by atoms with E-state index in [1.165, 1.54) is 39.0 Å². The molecule has 0 atom stereocenters. The van der Waals surface area contributed by atoms with Crippen LogP contribution in [0.1, 0.15) is 71.4 Å². The van der Waals surface area contributed by atoms with E-state index >= 15 is 0 Å². The molecule has 0 aliphatic carbocycles. The number of anilines is 6. The van der Waals surface area contributed by atoms with Gasteiger partial charge in [-0.2, -0.15) is 12.1 Å². The first kappa shape index (κ1) is 39.2. The summed E-state index contributed by atoms with van der Waals surface area (Å²) in [4.78, 5) is 12.2. The van der Waals surface area contributed by atoms with Crippen LogP contribution in [0.15, 0.2) is 146 Å². The van der Waals surface area contributed by atoms with Crippen LogP contribution >= 0.6 is 0 Å². The van der Waals surface area contributed by atoms with Gasteiger partial charge >= 0.3 is 21.1 Å². The van der Waals surface area contributed by atoms with Gasteiger partial charge in [0, 0.05) is 22.9 Å². The Morgan fingerprint density at radius 1 is 0.638 bits per heavy atom. The van der Waals surface area contributed by atoms with E-state index in [0.29, 0.717) is 11.8 Å². The minimum atomic E-state index is -0.0374. The maximum atomic E-state index is 5.06. The molecule has 5 nitrogen and oxygen atoms in total. The summed E-state index contributed by atoms with van der Waals surface area (Å²) >= 11 is 0. The maximum absolute atomic E-state index is 5.06. The number of aromatic nitrogens is 2. The van der Waals surface area contributed by atoms with Crippen LogP contribution in [0.3, 0.4) is 0 Å². The van der Waals surface area contributed by atoms with Crippen LogP contribution in [-0.2, 0) is 21.1 Å². The van der Waals surface area contributed by atoms with Crippen LogP contribution in [0.4, 0.5) is 34.1 Å². The topological polar surface area (TPSA) is 27.5 Å². The first-order chi connectivity index (χ1) is 27.6. The Balaban J connectivity index is 0.00000469. The summed E-state index contributed by atoms with van der Waals surface area (Å²) in [7, 11) is 0. The number of nitrogens with zero attached hydrogens (tertiary/aromatic N) is 5. The maximum Gasteiger partial charge on any atom is 2.00 e. The second kappa shape index (κ2) is 15.6. The number of hydrogen-bond donors (Lipinski definition) is 0. The third-order valence-electron chi connectivity index (χ3n) is 11.3. The summed E-state index contributed by atoms with van der Waals surface area (Å²) in [6.07, 6.45) is 1.96. The number of hydrogen-bond acceptors (Lipinski definition) is 4. The molecule has 2 aromatic heterocycles. The number of benzene rings is 6. The predicted octanol–water partition coefficient (Wildman–Crippen LogP) is 13.9. The van der Waals surface area contributed by atoms with Gasteiger partial charge in [-0.15, -0.1) is 35.7 Å². The average Bonchev–Trinajstić information content (AvgIpc) is 3.78. The zero-order valence-corrected chi connectivity index (χ0v) is 36.5. The summed E-state index contributed by atoms with van der Waals surface area (Å²) in [5.74, 6) is 1.64. The Kier molecular flexibility index (Phi) is 10.5. The Bertz CT molecular complexity index is 2720. The van der Waals surface area contributed by atoms with Crippen molar-refractivity contribution in [2.24, 2.45) is 0 Å². The normalized spacial score (nSPS) is 12.8. The molecule has 9 rings (SSSR count). The van der Waals surface area contributed by atoms with Gasteiger partial charge < -0.3 is 19.3 Å². The molecule has 0 amide bonds. The number of fused-ring (bicyclic) bond motifs is 4. The largest absolute Gasteiger partial charge is 2.00 e. The fraction of sp³-hybridized carbons (Fsp3) is 0.212. The van der Waals surface area contributed by atoms with Gasteiger partial charge in [0.2, 0.25) is 0 Å². The molecule has 58 heavy (non-hydrogen) atoms. The second-order valence-electron chi connectivity index (χ2n) is 16.7. The number of para-hydroxylation sites is 4. The fourth-order valence-electron chi connectivity index (χ4n) is 8.54. The SMILES string of the molecule is CC(C)c1cccc(C(C)C)c1-c1ccnc(-n2c3[c-]c(N(c4[c-]c(N5CN(C(C)(C)C)c6ccccc65)ccc4)c4ccccc4)ccc3c3ccccc32)c1.[Pt+2]. The Labute approximate surface area is 357 Å². The first-order valence-electron chi connectivity index (χ1n) is 20.2. The van der Waals surface area contributed by atoms with Gasteiger partial charge in [0.15, 0.2) is 0 Å². The molecule has 1 aliphatic heterocycles. The third-order valence-corrected chi connectivity index (χ3v) is 11.3. The summed E-state index contributed by atoms with van der Waals surface area (Å²) in [6, 6.07) is 57.8. The molecule has 0 unspecified atom stereocenters. The summed E-state index contributed by atoms with van der Waals surface area (Å²) < 4.78 is 2.29. The molecule has 292 valence electrons. The van der Waals surface area contributed by atoms with Crippen molar-refractivity contribution in [3.63, 3.8) is 0 Å². The smallest absolute Gasteiger partial charge is 0.358 e. The monoisotopic (exact) mass is 938 g/mol. The molecule has 8 aromatic rings. The Morgan fingerprint density at radius 2 is 1.29 bits per heavy atom. The van der Waals surface area contributed by atoms with E-state index in [0.717, 1.165) is 51.7 Å². The van der Waals surface area contributed by atoms with Gasteiger partial charge in [0.1, 0.15) is 5.82 Å². The van der Waals surface area contributed by atoms with Crippen LogP contribution in [0.5, 0.6) is 0 Å². The molecule has 0 fully saturated rings. The zero-order chi connectivity index (χ0) is 39.4. The minimum Gasteiger partial charge on any atom is -0.358 e. The number of pyridine rings is 1. The minimum absolute atomic E-state index is 0. The predicted molar refractivity (Wildman–Crippen MR) is 240 cm³/mol.